The van der Waals surface area contributed by atoms with Crippen LogP contribution < -0.4 is 5.32 Å². The summed E-state index contributed by atoms with van der Waals surface area (Å²) < 4.78 is 31.1. The van der Waals surface area contributed by atoms with Crippen LogP contribution in [0.5, 0.6) is 0 Å². The number of nitrogens with one attached hydrogen (secondary N) is 1. The minimum absolute atomic E-state index is 0.0144. The third-order valence-electron chi connectivity index (χ3n) is 3.87. The van der Waals surface area contributed by atoms with Gasteiger partial charge in [-0.25, -0.2) is 12.7 Å². The van der Waals surface area contributed by atoms with Gasteiger partial charge >= 0.3 is 0 Å². The van der Waals surface area contributed by atoms with E-state index in [2.05, 4.69) is 5.32 Å². The van der Waals surface area contributed by atoms with E-state index in [-0.39, 0.29) is 17.7 Å². The maximum Gasteiger partial charge on any atom is 0.267 e. The molecule has 0 radical (unpaired) electrons. The molecule has 0 unspecified atom stereocenters. The zero-order valence-electron chi connectivity index (χ0n) is 13.8. The second kappa shape index (κ2) is 7.76. The van der Waals surface area contributed by atoms with E-state index in [0.29, 0.717) is 19.6 Å². The van der Waals surface area contributed by atoms with Gasteiger partial charge in [-0.1, -0.05) is 17.7 Å². The van der Waals surface area contributed by atoms with Crippen molar-refractivity contribution in [3.05, 3.63) is 29.8 Å². The topological polar surface area (TPSA) is 92.8 Å². The summed E-state index contributed by atoms with van der Waals surface area (Å²) in [6.07, 6.45) is 0.856. The Bertz CT molecular complexity index is 700. The standard InChI is InChI=1S/C16H22N2O5S/c1-12-4-6-13(7-5-12)24(21,22)18-14(8-9-15(18)19)16(20)17-10-3-11-23-2/h4-7,14H,3,8-11H2,1-2H3,(H,17,20)/t14-/m0/s1. The van der Waals surface area contributed by atoms with Gasteiger partial charge in [0.1, 0.15) is 6.04 Å². The van der Waals surface area contributed by atoms with Crippen molar-refractivity contribution in [3.63, 3.8) is 0 Å². The van der Waals surface area contributed by atoms with Gasteiger partial charge in [0, 0.05) is 26.7 Å². The molecule has 1 aliphatic heterocycles. The molecular weight excluding hydrogens is 332 g/mol. The molecule has 0 aromatic heterocycles. The molecule has 1 heterocycles. The summed E-state index contributed by atoms with van der Waals surface area (Å²) in [4.78, 5) is 24.4. The summed E-state index contributed by atoms with van der Waals surface area (Å²) in [5.41, 5.74) is 0.911. The predicted octanol–water partition coefficient (Wildman–Crippen LogP) is 0.827. The van der Waals surface area contributed by atoms with Gasteiger partial charge in [0.2, 0.25) is 11.8 Å². The van der Waals surface area contributed by atoms with Crippen molar-refractivity contribution in [1.29, 1.82) is 0 Å². The van der Waals surface area contributed by atoms with Crippen molar-refractivity contribution in [2.45, 2.75) is 37.1 Å². The molecule has 1 aromatic rings. The van der Waals surface area contributed by atoms with Crippen LogP contribution in [0.2, 0.25) is 0 Å². The van der Waals surface area contributed by atoms with Gasteiger partial charge < -0.3 is 10.1 Å². The molecule has 0 bridgehead atoms. The van der Waals surface area contributed by atoms with Gasteiger partial charge in [0.25, 0.3) is 10.0 Å². The Kier molecular flexibility index (Phi) is 5.95. The minimum atomic E-state index is -4.04. The number of methoxy groups -OCH3 is 1. The van der Waals surface area contributed by atoms with E-state index in [1.54, 1.807) is 19.2 Å². The summed E-state index contributed by atoms with van der Waals surface area (Å²) in [5.74, 6) is -1.000. The van der Waals surface area contributed by atoms with Crippen LogP contribution in [-0.2, 0) is 24.3 Å². The first kappa shape index (κ1) is 18.4. The zero-order chi connectivity index (χ0) is 17.7. The Hall–Kier alpha value is -1.93. The largest absolute Gasteiger partial charge is 0.385 e. The number of rotatable bonds is 7. The molecule has 1 aromatic carbocycles. The minimum Gasteiger partial charge on any atom is -0.385 e. The van der Waals surface area contributed by atoms with Crippen molar-refractivity contribution in [2.75, 3.05) is 20.3 Å². The molecule has 1 saturated heterocycles. The third-order valence-corrected chi connectivity index (χ3v) is 5.71. The number of nitrogens with zero attached hydrogens (tertiary/aromatic N) is 1. The Morgan fingerprint density at radius 2 is 2.00 bits per heavy atom. The first-order valence-corrected chi connectivity index (χ1v) is 9.22. The van der Waals surface area contributed by atoms with E-state index < -0.39 is 27.9 Å². The highest BCUT2D eigenvalue weighted by atomic mass is 32.2. The van der Waals surface area contributed by atoms with Crippen LogP contribution >= 0.6 is 0 Å². The Morgan fingerprint density at radius 3 is 2.62 bits per heavy atom. The van der Waals surface area contributed by atoms with E-state index >= 15 is 0 Å². The fourth-order valence-corrected chi connectivity index (χ4v) is 4.17. The highest BCUT2D eigenvalue weighted by molar-refractivity contribution is 7.89. The number of amides is 2. The third kappa shape index (κ3) is 3.93. The first-order chi connectivity index (χ1) is 11.4. The molecule has 1 N–H and O–H groups in total. The smallest absolute Gasteiger partial charge is 0.267 e. The highest BCUT2D eigenvalue weighted by Crippen LogP contribution is 2.27. The lowest BCUT2D eigenvalue weighted by Gasteiger charge is -2.23. The van der Waals surface area contributed by atoms with E-state index in [4.69, 9.17) is 4.74 Å². The number of carbonyl (C=O) groups is 2. The molecule has 1 fully saturated rings. The lowest BCUT2D eigenvalue weighted by molar-refractivity contribution is -0.130. The highest BCUT2D eigenvalue weighted by Gasteiger charge is 2.44. The number of hydrogen-bond acceptors (Lipinski definition) is 5. The summed E-state index contributed by atoms with van der Waals surface area (Å²) in [5, 5.41) is 2.67. The van der Waals surface area contributed by atoms with Crippen LogP contribution in [0.3, 0.4) is 0 Å². The number of ether oxygens (including phenoxy) is 1. The van der Waals surface area contributed by atoms with Gasteiger partial charge in [-0.15, -0.1) is 0 Å². The van der Waals surface area contributed by atoms with E-state index in [1.807, 2.05) is 6.92 Å². The zero-order valence-corrected chi connectivity index (χ0v) is 14.6. The number of carbonyl (C=O) groups excluding carboxylic acids is 2. The number of sulfonamides is 1. The fourth-order valence-electron chi connectivity index (χ4n) is 2.57. The number of benzene rings is 1. The average Bonchev–Trinajstić information content (AvgIpc) is 2.94. The van der Waals surface area contributed by atoms with Crippen molar-refractivity contribution >= 4 is 21.8 Å². The lowest BCUT2D eigenvalue weighted by atomic mass is 10.2. The molecule has 7 nitrogen and oxygen atoms in total. The lowest BCUT2D eigenvalue weighted by Crippen LogP contribution is -2.47. The van der Waals surface area contributed by atoms with Crippen LogP contribution in [-0.4, -0.2) is 50.8 Å². The molecule has 132 valence electrons. The summed E-state index contributed by atoms with van der Waals surface area (Å²) >= 11 is 0. The van der Waals surface area contributed by atoms with Crippen LogP contribution in [0.15, 0.2) is 29.2 Å². The molecule has 1 aliphatic rings. The van der Waals surface area contributed by atoms with Crippen LogP contribution in [0.4, 0.5) is 0 Å². The van der Waals surface area contributed by atoms with Crippen molar-refractivity contribution < 1.29 is 22.7 Å². The molecule has 8 heteroatoms. The van der Waals surface area contributed by atoms with Gasteiger partial charge in [0.15, 0.2) is 0 Å². The molecule has 2 rings (SSSR count). The van der Waals surface area contributed by atoms with Gasteiger partial charge in [-0.3, -0.25) is 9.59 Å². The normalized spacial score (nSPS) is 18.0. The summed E-state index contributed by atoms with van der Waals surface area (Å²) in [6, 6.07) is 5.22. The monoisotopic (exact) mass is 354 g/mol. The van der Waals surface area contributed by atoms with Gasteiger partial charge in [0.05, 0.1) is 4.90 Å². The molecule has 2 amide bonds. The molecule has 0 aliphatic carbocycles. The Morgan fingerprint density at radius 1 is 1.33 bits per heavy atom. The van der Waals surface area contributed by atoms with Crippen LogP contribution in [0, 0.1) is 6.92 Å². The Labute approximate surface area is 142 Å². The van der Waals surface area contributed by atoms with Crippen molar-refractivity contribution in [1.82, 2.24) is 9.62 Å². The molecule has 1 atom stereocenters. The summed E-state index contributed by atoms with van der Waals surface area (Å²) in [6.45, 7) is 2.71. The van der Waals surface area contributed by atoms with Gasteiger partial charge in [-0.2, -0.15) is 0 Å². The number of hydrogen-bond donors (Lipinski definition) is 1. The maximum atomic E-state index is 12.8. The van der Waals surface area contributed by atoms with Crippen LogP contribution in [0.25, 0.3) is 0 Å². The SMILES string of the molecule is COCCCNC(=O)[C@@H]1CCC(=O)N1S(=O)(=O)c1ccc(C)cc1. The summed E-state index contributed by atoms with van der Waals surface area (Å²) in [7, 11) is -2.47. The number of aryl methyl sites for hydroxylation is 1. The van der Waals surface area contributed by atoms with E-state index in [9.17, 15) is 18.0 Å². The van der Waals surface area contributed by atoms with E-state index in [1.165, 1.54) is 12.1 Å². The molecule has 24 heavy (non-hydrogen) atoms. The van der Waals surface area contributed by atoms with Crippen molar-refractivity contribution in [3.8, 4) is 0 Å². The fraction of sp³-hybridized carbons (Fsp3) is 0.500. The second-order valence-corrected chi connectivity index (χ2v) is 7.51. The quantitative estimate of drug-likeness (QED) is 0.732. The van der Waals surface area contributed by atoms with E-state index in [0.717, 1.165) is 9.87 Å². The average molecular weight is 354 g/mol. The molecule has 0 spiro atoms. The van der Waals surface area contributed by atoms with Crippen LogP contribution in [0.1, 0.15) is 24.8 Å². The second-order valence-electron chi connectivity index (χ2n) is 5.70. The maximum absolute atomic E-state index is 12.8. The Balaban J connectivity index is 2.17. The molecular formula is C16H22N2O5S. The van der Waals surface area contributed by atoms with Crippen molar-refractivity contribution in [2.24, 2.45) is 0 Å². The van der Waals surface area contributed by atoms with Gasteiger partial charge in [-0.05, 0) is 31.9 Å². The predicted molar refractivity (Wildman–Crippen MR) is 87.7 cm³/mol. The first-order valence-electron chi connectivity index (χ1n) is 7.78. The molecule has 0 saturated carbocycles.